The Morgan fingerprint density at radius 3 is 2.06 bits per heavy atom. The van der Waals surface area contributed by atoms with Crippen molar-refractivity contribution in [3.05, 3.63) is 28.5 Å². The highest BCUT2D eigenvalue weighted by Gasteiger charge is 2.36. The Balaban J connectivity index is 2.90. The first-order valence-electron chi connectivity index (χ1n) is 4.63. The van der Waals surface area contributed by atoms with Crippen LogP contribution in [0.1, 0.15) is 27.6 Å². The predicted octanol–water partition coefficient (Wildman–Crippen LogP) is 1.01. The Morgan fingerprint density at radius 2 is 1.47 bits per heavy atom. The molecule has 1 aromatic rings. The number of fused-ring (bicyclic) bond motifs is 1. The topological polar surface area (TPSA) is 115 Å². The van der Waals surface area contributed by atoms with Gasteiger partial charge in [0.25, 0.3) is 0 Å². The van der Waals surface area contributed by atoms with Crippen molar-refractivity contribution in [1.82, 2.24) is 0 Å². The average Bonchev–Trinajstić information content (AvgIpc) is 2.28. The molecule has 0 saturated heterocycles. The number of hydrogen-bond acceptors (Lipinski definition) is 6. The average molecular weight is 236 g/mol. The molecular formula is C11H8O6. The number of ketones is 2. The summed E-state index contributed by atoms with van der Waals surface area (Å²) in [6.07, 6.45) is 0. The minimum absolute atomic E-state index is 0.220. The summed E-state index contributed by atoms with van der Waals surface area (Å²) in [6, 6.07) is 0.759. The minimum Gasteiger partial charge on any atom is -0.507 e. The van der Waals surface area contributed by atoms with Crippen LogP contribution in [0.25, 0.3) is 0 Å². The molecule has 17 heavy (non-hydrogen) atoms. The van der Waals surface area contributed by atoms with E-state index in [-0.39, 0.29) is 5.57 Å². The fraction of sp³-hybridized carbons (Fsp3) is 0.0909. The lowest BCUT2D eigenvalue weighted by molar-refractivity contribution is 0.0924. The van der Waals surface area contributed by atoms with Gasteiger partial charge < -0.3 is 20.4 Å². The summed E-state index contributed by atoms with van der Waals surface area (Å²) >= 11 is 0. The first-order chi connectivity index (χ1) is 7.86. The summed E-state index contributed by atoms with van der Waals surface area (Å²) in [4.78, 5) is 23.4. The van der Waals surface area contributed by atoms with Crippen LogP contribution in [-0.4, -0.2) is 32.0 Å². The van der Waals surface area contributed by atoms with Crippen molar-refractivity contribution in [2.75, 3.05) is 0 Å². The zero-order valence-corrected chi connectivity index (χ0v) is 8.68. The van der Waals surface area contributed by atoms with Crippen molar-refractivity contribution in [3.63, 3.8) is 0 Å². The van der Waals surface area contributed by atoms with E-state index >= 15 is 0 Å². The van der Waals surface area contributed by atoms with Crippen LogP contribution in [0.3, 0.4) is 0 Å². The van der Waals surface area contributed by atoms with Crippen molar-refractivity contribution in [3.8, 4) is 17.2 Å². The van der Waals surface area contributed by atoms with Crippen LogP contribution >= 0.6 is 0 Å². The number of phenolic OH excluding ortho intramolecular Hbond substituents is 3. The molecule has 0 bridgehead atoms. The number of benzene rings is 1. The molecule has 1 aliphatic rings. The van der Waals surface area contributed by atoms with Crippen molar-refractivity contribution >= 4 is 11.6 Å². The summed E-state index contributed by atoms with van der Waals surface area (Å²) in [7, 11) is 0. The van der Waals surface area contributed by atoms with E-state index < -0.39 is 45.7 Å². The second kappa shape index (κ2) is 3.24. The molecule has 1 aliphatic carbocycles. The van der Waals surface area contributed by atoms with Gasteiger partial charge >= 0.3 is 0 Å². The summed E-state index contributed by atoms with van der Waals surface area (Å²) < 4.78 is 0. The molecular weight excluding hydrogens is 228 g/mol. The van der Waals surface area contributed by atoms with E-state index in [0.717, 1.165) is 6.07 Å². The van der Waals surface area contributed by atoms with E-state index in [4.69, 9.17) is 0 Å². The Labute approximate surface area is 95.1 Å². The van der Waals surface area contributed by atoms with Crippen molar-refractivity contribution in [1.29, 1.82) is 0 Å². The molecule has 88 valence electrons. The van der Waals surface area contributed by atoms with Gasteiger partial charge in [-0.1, -0.05) is 0 Å². The minimum atomic E-state index is -1.01. The molecule has 1 aromatic carbocycles. The largest absolute Gasteiger partial charge is 0.507 e. The Hall–Kier alpha value is -2.50. The van der Waals surface area contributed by atoms with Crippen LogP contribution in [0, 0.1) is 0 Å². The van der Waals surface area contributed by atoms with Gasteiger partial charge in [-0.25, -0.2) is 0 Å². The van der Waals surface area contributed by atoms with Crippen LogP contribution in [0.2, 0.25) is 0 Å². The smallest absolute Gasteiger partial charge is 0.232 e. The normalized spacial score (nSPS) is 15.1. The maximum atomic E-state index is 11.7. The summed E-state index contributed by atoms with van der Waals surface area (Å²) in [5, 5.41) is 37.6. The molecule has 0 aliphatic heterocycles. The molecule has 0 aromatic heterocycles. The molecule has 0 amide bonds. The third-order valence-electron chi connectivity index (χ3n) is 2.62. The van der Waals surface area contributed by atoms with Gasteiger partial charge in [0.1, 0.15) is 5.75 Å². The van der Waals surface area contributed by atoms with Crippen LogP contribution < -0.4 is 0 Å². The first-order valence-corrected chi connectivity index (χ1v) is 4.63. The molecule has 0 heterocycles. The second-order valence-corrected chi connectivity index (χ2v) is 3.65. The highest BCUT2D eigenvalue weighted by atomic mass is 16.3. The SMILES string of the molecule is CC1=C(O)C(=O)c2c(O)c(O)cc(O)c2C1=O. The predicted molar refractivity (Wildman–Crippen MR) is 55.4 cm³/mol. The molecule has 0 atom stereocenters. The first kappa shape index (κ1) is 11.0. The molecule has 0 saturated carbocycles. The van der Waals surface area contributed by atoms with Crippen LogP contribution in [0.15, 0.2) is 17.4 Å². The third kappa shape index (κ3) is 1.27. The van der Waals surface area contributed by atoms with Crippen LogP contribution in [0.4, 0.5) is 0 Å². The highest BCUT2D eigenvalue weighted by Crippen LogP contribution is 2.41. The number of phenols is 3. The van der Waals surface area contributed by atoms with Crippen LogP contribution in [-0.2, 0) is 0 Å². The molecule has 2 rings (SSSR count). The zero-order valence-electron chi connectivity index (χ0n) is 8.68. The number of aliphatic hydroxyl groups is 1. The Morgan fingerprint density at radius 1 is 0.882 bits per heavy atom. The monoisotopic (exact) mass is 236 g/mol. The fourth-order valence-electron chi connectivity index (χ4n) is 1.68. The molecule has 0 spiro atoms. The summed E-state index contributed by atoms with van der Waals surface area (Å²) in [6.45, 7) is 1.22. The van der Waals surface area contributed by atoms with Gasteiger partial charge in [0, 0.05) is 11.6 Å². The van der Waals surface area contributed by atoms with E-state index in [2.05, 4.69) is 0 Å². The van der Waals surface area contributed by atoms with Gasteiger partial charge in [0.15, 0.2) is 23.0 Å². The highest BCUT2D eigenvalue weighted by molar-refractivity contribution is 6.28. The standard InChI is InChI=1S/C11H8O6/c1-3-8(14)6-4(12)2-5(13)10(16)7(6)11(17)9(3)15/h2,12-13,15-16H,1H3. The molecule has 0 fully saturated rings. The molecule has 4 N–H and O–H groups in total. The maximum Gasteiger partial charge on any atom is 0.232 e. The van der Waals surface area contributed by atoms with Crippen molar-refractivity contribution < 1.29 is 30.0 Å². The lowest BCUT2D eigenvalue weighted by Crippen LogP contribution is -2.21. The number of hydrogen-bond donors (Lipinski definition) is 4. The van der Waals surface area contributed by atoms with Gasteiger partial charge in [-0.15, -0.1) is 0 Å². The van der Waals surface area contributed by atoms with E-state index in [1.165, 1.54) is 6.92 Å². The number of aromatic hydroxyl groups is 3. The molecule has 0 radical (unpaired) electrons. The van der Waals surface area contributed by atoms with E-state index in [9.17, 15) is 30.0 Å². The number of carbonyl (C=O) groups excluding carboxylic acids is 2. The number of aliphatic hydroxyl groups excluding tert-OH is 1. The lowest BCUT2D eigenvalue weighted by Gasteiger charge is -2.17. The summed E-state index contributed by atoms with van der Waals surface area (Å²) in [5.74, 6) is -4.79. The molecule has 0 unspecified atom stereocenters. The Bertz CT molecular complexity index is 596. The van der Waals surface area contributed by atoms with Crippen LogP contribution in [0.5, 0.6) is 17.2 Å². The zero-order chi connectivity index (χ0) is 12.9. The van der Waals surface area contributed by atoms with Gasteiger partial charge in [-0.2, -0.15) is 0 Å². The molecule has 6 heteroatoms. The van der Waals surface area contributed by atoms with Gasteiger partial charge in [-0.3, -0.25) is 9.59 Å². The van der Waals surface area contributed by atoms with Gasteiger partial charge in [-0.05, 0) is 6.92 Å². The van der Waals surface area contributed by atoms with Gasteiger partial charge in [0.2, 0.25) is 5.78 Å². The fourth-order valence-corrected chi connectivity index (χ4v) is 1.68. The van der Waals surface area contributed by atoms with Crippen molar-refractivity contribution in [2.24, 2.45) is 0 Å². The van der Waals surface area contributed by atoms with E-state index in [1.54, 1.807) is 0 Å². The number of Topliss-reactive ketones (excluding diaryl/α,β-unsaturated/α-hetero) is 2. The maximum absolute atomic E-state index is 11.7. The Kier molecular flexibility index (Phi) is 2.10. The lowest BCUT2D eigenvalue weighted by atomic mass is 9.87. The summed E-state index contributed by atoms with van der Waals surface area (Å²) in [5.41, 5.74) is -1.22. The van der Waals surface area contributed by atoms with E-state index in [1.807, 2.05) is 0 Å². The second-order valence-electron chi connectivity index (χ2n) is 3.65. The third-order valence-corrected chi connectivity index (χ3v) is 2.62. The quantitative estimate of drug-likeness (QED) is 0.394. The number of rotatable bonds is 0. The molecule has 6 nitrogen and oxygen atoms in total. The number of allylic oxidation sites excluding steroid dienone is 2. The van der Waals surface area contributed by atoms with E-state index in [0.29, 0.717) is 0 Å². The van der Waals surface area contributed by atoms with Gasteiger partial charge in [0.05, 0.1) is 11.1 Å². The number of carbonyl (C=O) groups is 2. The van der Waals surface area contributed by atoms with Crippen molar-refractivity contribution in [2.45, 2.75) is 6.92 Å².